The van der Waals surface area contributed by atoms with Gasteiger partial charge in [-0.05, 0) is 73.7 Å². The molecule has 0 heterocycles. The van der Waals surface area contributed by atoms with Crippen LogP contribution in [0.1, 0.15) is 39.5 Å². The standard InChI is InChI=1S/C17H18BrFO/c1-9-7-10(2)12(4)16(11(9)3)17(20)14-8-13(18)5-6-15(14)19/h5-8,17,20H,1-4H3. The third-order valence-corrected chi connectivity index (χ3v) is 4.44. The SMILES string of the molecule is Cc1cc(C)c(C)c(C(O)c2cc(Br)ccc2F)c1C. The third-order valence-electron chi connectivity index (χ3n) is 3.95. The number of hydrogen-bond donors (Lipinski definition) is 1. The maximum absolute atomic E-state index is 14.0. The Kier molecular flexibility index (Phi) is 4.31. The molecule has 1 unspecified atom stereocenters. The van der Waals surface area contributed by atoms with Crippen molar-refractivity contribution in [3.8, 4) is 0 Å². The van der Waals surface area contributed by atoms with Gasteiger partial charge in [0.05, 0.1) is 0 Å². The van der Waals surface area contributed by atoms with E-state index in [1.54, 1.807) is 12.1 Å². The highest BCUT2D eigenvalue weighted by Gasteiger charge is 2.21. The van der Waals surface area contributed by atoms with Crippen LogP contribution in [0.5, 0.6) is 0 Å². The molecular formula is C17H18BrFO. The van der Waals surface area contributed by atoms with Crippen molar-refractivity contribution in [2.24, 2.45) is 0 Å². The molecule has 3 heteroatoms. The molecule has 0 aliphatic carbocycles. The van der Waals surface area contributed by atoms with E-state index in [1.807, 2.05) is 27.7 Å². The van der Waals surface area contributed by atoms with E-state index < -0.39 is 11.9 Å². The highest BCUT2D eigenvalue weighted by molar-refractivity contribution is 9.10. The number of hydrogen-bond acceptors (Lipinski definition) is 1. The summed E-state index contributed by atoms with van der Waals surface area (Å²) in [5.74, 6) is -0.390. The van der Waals surface area contributed by atoms with Gasteiger partial charge in [0.2, 0.25) is 0 Å². The first-order valence-corrected chi connectivity index (χ1v) is 7.32. The fraction of sp³-hybridized carbons (Fsp3) is 0.294. The van der Waals surface area contributed by atoms with Crippen LogP contribution in [0.25, 0.3) is 0 Å². The van der Waals surface area contributed by atoms with Crippen LogP contribution < -0.4 is 0 Å². The first-order chi connectivity index (χ1) is 9.32. The zero-order valence-corrected chi connectivity index (χ0v) is 13.7. The summed E-state index contributed by atoms with van der Waals surface area (Å²) in [6.45, 7) is 7.96. The molecular weight excluding hydrogens is 319 g/mol. The monoisotopic (exact) mass is 336 g/mol. The second kappa shape index (κ2) is 5.66. The van der Waals surface area contributed by atoms with E-state index >= 15 is 0 Å². The lowest BCUT2D eigenvalue weighted by Crippen LogP contribution is -2.09. The Morgan fingerprint density at radius 3 is 2.10 bits per heavy atom. The van der Waals surface area contributed by atoms with E-state index in [0.717, 1.165) is 32.3 Å². The van der Waals surface area contributed by atoms with Crippen LogP contribution in [0.2, 0.25) is 0 Å². The minimum absolute atomic E-state index is 0.301. The van der Waals surface area contributed by atoms with Crippen molar-refractivity contribution < 1.29 is 9.50 Å². The molecule has 0 aliphatic rings. The van der Waals surface area contributed by atoms with Gasteiger partial charge in [-0.1, -0.05) is 22.0 Å². The highest BCUT2D eigenvalue weighted by Crippen LogP contribution is 2.33. The van der Waals surface area contributed by atoms with Gasteiger partial charge in [-0.25, -0.2) is 4.39 Å². The van der Waals surface area contributed by atoms with Gasteiger partial charge in [0.25, 0.3) is 0 Å². The van der Waals surface area contributed by atoms with E-state index in [-0.39, 0.29) is 0 Å². The zero-order chi connectivity index (χ0) is 15.0. The van der Waals surface area contributed by atoms with Gasteiger partial charge in [-0.2, -0.15) is 0 Å². The van der Waals surface area contributed by atoms with Gasteiger partial charge in [0.1, 0.15) is 11.9 Å². The lowest BCUT2D eigenvalue weighted by atomic mass is 9.88. The maximum Gasteiger partial charge on any atom is 0.129 e. The fourth-order valence-corrected chi connectivity index (χ4v) is 2.92. The van der Waals surface area contributed by atoms with E-state index in [9.17, 15) is 9.50 Å². The van der Waals surface area contributed by atoms with Crippen LogP contribution in [0, 0.1) is 33.5 Å². The number of halogens is 2. The summed E-state index contributed by atoms with van der Waals surface area (Å²) in [6.07, 6.45) is -0.953. The third kappa shape index (κ3) is 2.65. The number of benzene rings is 2. The van der Waals surface area contributed by atoms with Gasteiger partial charge in [-0.3, -0.25) is 0 Å². The van der Waals surface area contributed by atoms with E-state index in [0.29, 0.717) is 5.56 Å². The molecule has 2 rings (SSSR count). The summed E-state index contributed by atoms with van der Waals surface area (Å²) in [7, 11) is 0. The molecule has 0 aromatic heterocycles. The Morgan fingerprint density at radius 1 is 1.00 bits per heavy atom. The molecule has 0 amide bonds. The molecule has 1 N–H and O–H groups in total. The first-order valence-electron chi connectivity index (χ1n) is 6.53. The molecule has 106 valence electrons. The van der Waals surface area contributed by atoms with Crippen molar-refractivity contribution in [1.82, 2.24) is 0 Å². The van der Waals surface area contributed by atoms with Crippen molar-refractivity contribution in [2.75, 3.05) is 0 Å². The fourth-order valence-electron chi connectivity index (χ4n) is 2.54. The van der Waals surface area contributed by atoms with Crippen molar-refractivity contribution in [3.63, 3.8) is 0 Å². The summed E-state index contributed by atoms with van der Waals surface area (Å²) in [5, 5.41) is 10.6. The van der Waals surface area contributed by atoms with Crippen LogP contribution in [-0.4, -0.2) is 5.11 Å². The number of rotatable bonds is 2. The number of aliphatic hydroxyl groups is 1. The molecule has 2 aromatic rings. The Hall–Kier alpha value is -1.19. The second-order valence-electron chi connectivity index (χ2n) is 5.24. The normalized spacial score (nSPS) is 12.6. The van der Waals surface area contributed by atoms with Crippen LogP contribution >= 0.6 is 15.9 Å². The van der Waals surface area contributed by atoms with Crippen LogP contribution in [-0.2, 0) is 0 Å². The van der Waals surface area contributed by atoms with Gasteiger partial charge in [0, 0.05) is 10.0 Å². The summed E-state index contributed by atoms with van der Waals surface area (Å²) in [4.78, 5) is 0. The Bertz CT molecular complexity index is 638. The Morgan fingerprint density at radius 2 is 1.55 bits per heavy atom. The van der Waals surface area contributed by atoms with Gasteiger partial charge < -0.3 is 5.11 Å². The van der Waals surface area contributed by atoms with Gasteiger partial charge in [0.15, 0.2) is 0 Å². The molecule has 0 fully saturated rings. The average Bonchev–Trinajstić information content (AvgIpc) is 2.39. The minimum atomic E-state index is -0.953. The summed E-state index contributed by atoms with van der Waals surface area (Å²) < 4.78 is 14.7. The first kappa shape index (κ1) is 15.2. The highest BCUT2D eigenvalue weighted by atomic mass is 79.9. The van der Waals surface area contributed by atoms with Crippen molar-refractivity contribution in [3.05, 3.63) is 67.9 Å². The number of aryl methyl sites for hydroxylation is 2. The molecule has 20 heavy (non-hydrogen) atoms. The summed E-state index contributed by atoms with van der Waals surface area (Å²) in [6, 6.07) is 6.73. The van der Waals surface area contributed by atoms with Crippen molar-refractivity contribution in [1.29, 1.82) is 0 Å². The largest absolute Gasteiger partial charge is 0.384 e. The van der Waals surface area contributed by atoms with Gasteiger partial charge >= 0.3 is 0 Å². The summed E-state index contributed by atoms with van der Waals surface area (Å²) >= 11 is 3.33. The van der Waals surface area contributed by atoms with E-state index in [2.05, 4.69) is 22.0 Å². The molecule has 0 saturated heterocycles. The molecule has 2 aromatic carbocycles. The van der Waals surface area contributed by atoms with E-state index in [4.69, 9.17) is 0 Å². The number of aliphatic hydroxyl groups excluding tert-OH is 1. The maximum atomic E-state index is 14.0. The van der Waals surface area contributed by atoms with Crippen molar-refractivity contribution >= 4 is 15.9 Å². The molecule has 1 atom stereocenters. The van der Waals surface area contributed by atoms with Gasteiger partial charge in [-0.15, -0.1) is 0 Å². The Labute approximate surface area is 127 Å². The molecule has 0 aliphatic heterocycles. The topological polar surface area (TPSA) is 20.2 Å². The quantitative estimate of drug-likeness (QED) is 0.826. The van der Waals surface area contributed by atoms with Crippen molar-refractivity contribution in [2.45, 2.75) is 33.8 Å². The molecule has 1 nitrogen and oxygen atoms in total. The Balaban J connectivity index is 2.65. The molecule has 0 radical (unpaired) electrons. The second-order valence-corrected chi connectivity index (χ2v) is 6.16. The van der Waals surface area contributed by atoms with Crippen LogP contribution in [0.15, 0.2) is 28.7 Å². The molecule has 0 bridgehead atoms. The molecule has 0 saturated carbocycles. The van der Waals surface area contributed by atoms with Crippen LogP contribution in [0.3, 0.4) is 0 Å². The lowest BCUT2D eigenvalue weighted by molar-refractivity contribution is 0.213. The lowest BCUT2D eigenvalue weighted by Gasteiger charge is -2.21. The predicted octanol–water partition coefficient (Wildman–Crippen LogP) is 4.90. The average molecular weight is 337 g/mol. The smallest absolute Gasteiger partial charge is 0.129 e. The van der Waals surface area contributed by atoms with Crippen LogP contribution in [0.4, 0.5) is 4.39 Å². The molecule has 0 spiro atoms. The predicted molar refractivity (Wildman–Crippen MR) is 83.6 cm³/mol. The van der Waals surface area contributed by atoms with E-state index in [1.165, 1.54) is 6.07 Å². The minimum Gasteiger partial charge on any atom is -0.384 e. The summed E-state index contributed by atoms with van der Waals surface area (Å²) in [5.41, 5.74) is 5.35. The zero-order valence-electron chi connectivity index (χ0n) is 12.1.